The fourth-order valence-electron chi connectivity index (χ4n) is 2.48. The number of nitrogens with zero attached hydrogens (tertiary/aromatic N) is 1. The van der Waals surface area contributed by atoms with Crippen LogP contribution in [0.1, 0.15) is 19.8 Å². The van der Waals surface area contributed by atoms with Crippen LogP contribution in [0.15, 0.2) is 41.4 Å². The van der Waals surface area contributed by atoms with Crippen LogP contribution in [0, 0.1) is 0 Å². The van der Waals surface area contributed by atoms with Crippen molar-refractivity contribution in [3.8, 4) is 0 Å². The number of benzene rings is 1. The highest BCUT2D eigenvalue weighted by molar-refractivity contribution is 6.21. The van der Waals surface area contributed by atoms with E-state index in [1.807, 2.05) is 0 Å². The Balaban J connectivity index is 2.31. The van der Waals surface area contributed by atoms with Crippen molar-refractivity contribution in [3.05, 3.63) is 47.0 Å². The summed E-state index contributed by atoms with van der Waals surface area (Å²) < 4.78 is 39.8. The minimum Gasteiger partial charge on any atom is -0.326 e. The van der Waals surface area contributed by atoms with Crippen LogP contribution in [0.3, 0.4) is 0 Å². The zero-order valence-electron chi connectivity index (χ0n) is 12.1. The first-order chi connectivity index (χ1) is 10.3. The average molecular weight is 331 g/mol. The summed E-state index contributed by atoms with van der Waals surface area (Å²) in [6, 6.07) is 5.26. The number of hydrogen-bond donors (Lipinski definition) is 1. The summed E-state index contributed by atoms with van der Waals surface area (Å²) in [5.74, 6) is 0. The van der Waals surface area contributed by atoms with Gasteiger partial charge in [-0.1, -0.05) is 30.4 Å². The van der Waals surface area contributed by atoms with E-state index < -0.39 is 23.8 Å². The van der Waals surface area contributed by atoms with Gasteiger partial charge in [0, 0.05) is 28.6 Å². The Hall–Kier alpha value is -1.33. The predicted octanol–water partition coefficient (Wildman–Crippen LogP) is 2.69. The van der Waals surface area contributed by atoms with E-state index in [1.165, 1.54) is 6.07 Å². The van der Waals surface area contributed by atoms with Crippen LogP contribution in [0.25, 0.3) is 5.57 Å². The Kier molecular flexibility index (Phi) is 5.29. The van der Waals surface area contributed by atoms with E-state index in [0.717, 1.165) is 0 Å². The van der Waals surface area contributed by atoms with Gasteiger partial charge in [0.05, 0.1) is 11.4 Å². The lowest BCUT2D eigenvalue weighted by Crippen LogP contribution is -2.44. The van der Waals surface area contributed by atoms with Crippen LogP contribution in [0.4, 0.5) is 13.2 Å². The van der Waals surface area contributed by atoms with Crippen LogP contribution in [0.2, 0.25) is 0 Å². The number of rotatable bonds is 4. The van der Waals surface area contributed by atoms with Crippen LogP contribution in [-0.4, -0.2) is 23.6 Å². The van der Waals surface area contributed by atoms with E-state index >= 15 is 0 Å². The van der Waals surface area contributed by atoms with Crippen molar-refractivity contribution in [1.29, 1.82) is 0 Å². The molecule has 6 heteroatoms. The average Bonchev–Trinajstić information content (AvgIpc) is 2.44. The molecule has 1 aromatic rings. The van der Waals surface area contributed by atoms with Gasteiger partial charge in [-0.2, -0.15) is 13.2 Å². The summed E-state index contributed by atoms with van der Waals surface area (Å²) in [7, 11) is 0. The number of allylic oxidation sites excluding steroid dienone is 1. The van der Waals surface area contributed by atoms with Crippen molar-refractivity contribution in [3.63, 3.8) is 0 Å². The molecule has 22 heavy (non-hydrogen) atoms. The van der Waals surface area contributed by atoms with Crippen molar-refractivity contribution >= 4 is 17.2 Å². The van der Waals surface area contributed by atoms with Crippen LogP contribution in [0.5, 0.6) is 0 Å². The molecule has 0 fully saturated rings. The molecule has 3 atom stereocenters. The molecule has 1 aliphatic heterocycles. The van der Waals surface area contributed by atoms with Gasteiger partial charge in [0.15, 0.2) is 0 Å². The molecule has 1 aliphatic rings. The highest BCUT2D eigenvalue weighted by atomic mass is 35.5. The Bertz CT molecular complexity index is 665. The molecule has 1 heterocycles. The monoisotopic (exact) mass is 330 g/mol. The second-order valence-electron chi connectivity index (χ2n) is 5.40. The Morgan fingerprint density at radius 3 is 2.73 bits per heavy atom. The molecule has 0 aliphatic carbocycles. The highest BCUT2D eigenvalue weighted by Gasteiger charge is 2.38. The zero-order chi connectivity index (χ0) is 16.3. The van der Waals surface area contributed by atoms with Crippen LogP contribution in [-0.2, 0) is 0 Å². The van der Waals surface area contributed by atoms with E-state index in [1.54, 1.807) is 37.3 Å². The molecule has 0 spiro atoms. The number of hydrogen-bond acceptors (Lipinski definition) is 2. The highest BCUT2D eigenvalue weighted by Crippen LogP contribution is 2.31. The largest absolute Gasteiger partial charge is 0.413 e. The third-order valence-electron chi connectivity index (χ3n) is 3.59. The van der Waals surface area contributed by atoms with E-state index in [4.69, 9.17) is 17.3 Å². The summed E-state index contributed by atoms with van der Waals surface area (Å²) in [5, 5.41) is 0.383. The fraction of sp³-hybridized carbons (Fsp3) is 0.438. The van der Waals surface area contributed by atoms with Crippen molar-refractivity contribution in [2.75, 3.05) is 0 Å². The topological polar surface area (TPSA) is 38.4 Å². The lowest BCUT2D eigenvalue weighted by molar-refractivity contribution is -0.0735. The number of alkyl halides is 4. The molecule has 0 radical (unpaired) electrons. The molecule has 2 nitrogen and oxygen atoms in total. The van der Waals surface area contributed by atoms with Crippen molar-refractivity contribution < 1.29 is 13.2 Å². The van der Waals surface area contributed by atoms with E-state index in [9.17, 15) is 13.2 Å². The molecule has 120 valence electrons. The quantitative estimate of drug-likeness (QED) is 0.669. The van der Waals surface area contributed by atoms with Gasteiger partial charge in [-0.25, -0.2) is 0 Å². The Morgan fingerprint density at radius 1 is 1.41 bits per heavy atom. The molecule has 2 rings (SSSR count). The van der Waals surface area contributed by atoms with Gasteiger partial charge in [-0.15, -0.1) is 11.6 Å². The van der Waals surface area contributed by atoms with Crippen molar-refractivity contribution in [2.24, 2.45) is 10.7 Å². The molecule has 2 N–H and O–H groups in total. The second-order valence-corrected chi connectivity index (χ2v) is 6.09. The van der Waals surface area contributed by atoms with Gasteiger partial charge in [0.25, 0.3) is 0 Å². The van der Waals surface area contributed by atoms with Gasteiger partial charge in [-0.05, 0) is 19.4 Å². The minimum atomic E-state index is -4.37. The molecule has 0 saturated heterocycles. The van der Waals surface area contributed by atoms with Gasteiger partial charge >= 0.3 is 6.18 Å². The first kappa shape index (κ1) is 17.0. The summed E-state index contributed by atoms with van der Waals surface area (Å²) in [6.45, 7) is 1.81. The molecule has 0 aromatic heterocycles. The number of nitrogens with two attached hydrogens (primary N) is 1. The summed E-state index contributed by atoms with van der Waals surface area (Å²) in [4.78, 5) is 4.39. The maximum atomic E-state index is 13.3. The van der Waals surface area contributed by atoms with Gasteiger partial charge in [0.1, 0.15) is 0 Å². The predicted molar refractivity (Wildman–Crippen MR) is 82.1 cm³/mol. The lowest BCUT2D eigenvalue weighted by atomic mass is 9.93. The smallest absolute Gasteiger partial charge is 0.326 e. The standard InChI is InChI=1S/C16H18ClF3N2/c1-10(17)5-4-7-13(21)15-9-12(16(18,19)20)11-6-2-3-8-14(11)22-15/h2-6,8,10,13,15H,7,9,21H2,1H3/b5-4-. The van der Waals surface area contributed by atoms with E-state index in [0.29, 0.717) is 11.8 Å². The number of fused-ring (bicyclic) bond motifs is 1. The number of para-hydroxylation sites is 1. The van der Waals surface area contributed by atoms with Gasteiger partial charge in [-0.3, -0.25) is 4.99 Å². The van der Waals surface area contributed by atoms with Gasteiger partial charge in [0.2, 0.25) is 0 Å². The van der Waals surface area contributed by atoms with E-state index in [2.05, 4.69) is 4.99 Å². The Morgan fingerprint density at radius 2 is 2.09 bits per heavy atom. The third kappa shape index (κ3) is 4.11. The molecule has 0 saturated carbocycles. The normalized spacial score (nSPS) is 21.4. The molecular weight excluding hydrogens is 313 g/mol. The fourth-order valence-corrected chi connectivity index (χ4v) is 2.58. The molecule has 1 aromatic carbocycles. The minimum absolute atomic E-state index is 0.131. The molecule has 3 unspecified atom stereocenters. The summed E-state index contributed by atoms with van der Waals surface area (Å²) in [6.07, 6.45) is -0.548. The maximum Gasteiger partial charge on any atom is 0.413 e. The maximum absolute atomic E-state index is 13.3. The number of halogens is 4. The zero-order valence-corrected chi connectivity index (χ0v) is 12.9. The second kappa shape index (κ2) is 6.84. The Labute approximate surface area is 132 Å². The first-order valence-electron chi connectivity index (χ1n) is 7.08. The van der Waals surface area contributed by atoms with Gasteiger partial charge < -0.3 is 5.73 Å². The SMILES string of the molecule is CC(Cl)/C=C\CC(N)C1CC(C(F)(F)F)=c2ccccc2=N1. The van der Waals surface area contributed by atoms with Crippen molar-refractivity contribution in [1.82, 2.24) is 0 Å². The van der Waals surface area contributed by atoms with Crippen molar-refractivity contribution in [2.45, 2.75) is 43.4 Å². The lowest BCUT2D eigenvalue weighted by Gasteiger charge is -2.25. The third-order valence-corrected chi connectivity index (χ3v) is 3.74. The summed E-state index contributed by atoms with van der Waals surface area (Å²) >= 11 is 5.79. The molecule has 0 amide bonds. The summed E-state index contributed by atoms with van der Waals surface area (Å²) in [5.41, 5.74) is 5.48. The molecule has 0 bridgehead atoms. The molecular formula is C16H18ClF3N2. The first-order valence-corrected chi connectivity index (χ1v) is 7.52. The van der Waals surface area contributed by atoms with Crippen LogP contribution >= 0.6 is 11.6 Å². The van der Waals surface area contributed by atoms with Crippen LogP contribution < -0.4 is 16.3 Å². The van der Waals surface area contributed by atoms with E-state index in [-0.39, 0.29) is 17.0 Å².